The summed E-state index contributed by atoms with van der Waals surface area (Å²) in [5.41, 5.74) is 0.804. The highest BCUT2D eigenvalue weighted by molar-refractivity contribution is 5.75. The number of nitrogens with zero attached hydrogens (tertiary/aromatic N) is 1. The van der Waals surface area contributed by atoms with Crippen LogP contribution >= 0.6 is 0 Å². The number of ether oxygens (including phenoxy) is 2. The largest absolute Gasteiger partial charge is 0.493 e. The second kappa shape index (κ2) is 9.70. The molecule has 2 rings (SSSR count). The number of carbonyl (C=O) groups is 1. The van der Waals surface area contributed by atoms with E-state index in [1.54, 1.807) is 36.2 Å². The van der Waals surface area contributed by atoms with Crippen LogP contribution in [0.4, 0.5) is 13.2 Å². The molecule has 2 aromatic carbocycles. The molecule has 0 unspecified atom stereocenters. The zero-order valence-electron chi connectivity index (χ0n) is 14.3. The molecule has 0 atom stereocenters. The molecule has 2 aromatic rings. The number of hydrogen-bond donors (Lipinski definition) is 0. The van der Waals surface area contributed by atoms with Crippen molar-refractivity contribution in [3.05, 3.63) is 59.9 Å². The summed E-state index contributed by atoms with van der Waals surface area (Å²) in [7, 11) is 1.67. The van der Waals surface area contributed by atoms with Crippen LogP contribution in [0.15, 0.2) is 48.5 Å². The molecule has 0 saturated heterocycles. The van der Waals surface area contributed by atoms with Crippen LogP contribution in [0, 0.1) is 5.82 Å². The second-order valence-electron chi connectivity index (χ2n) is 5.68. The molecule has 0 N–H and O–H groups in total. The van der Waals surface area contributed by atoms with Crippen LogP contribution < -0.4 is 9.47 Å². The third-order valence-electron chi connectivity index (χ3n) is 3.59. The van der Waals surface area contributed by atoms with Gasteiger partial charge in [-0.05, 0) is 36.2 Å². The summed E-state index contributed by atoms with van der Waals surface area (Å²) < 4.78 is 46.9. The molecule has 0 saturated carbocycles. The minimum absolute atomic E-state index is 0.0688. The number of benzene rings is 2. The van der Waals surface area contributed by atoms with E-state index in [9.17, 15) is 18.0 Å². The Morgan fingerprint density at radius 1 is 1.12 bits per heavy atom. The second-order valence-corrected chi connectivity index (χ2v) is 5.68. The third kappa shape index (κ3) is 6.66. The monoisotopic (exact) mass is 367 g/mol. The van der Waals surface area contributed by atoms with Crippen LogP contribution in [-0.4, -0.2) is 31.1 Å². The van der Waals surface area contributed by atoms with E-state index in [2.05, 4.69) is 4.74 Å². The fourth-order valence-electron chi connectivity index (χ4n) is 2.30. The molecule has 0 fully saturated rings. The van der Waals surface area contributed by atoms with E-state index < -0.39 is 6.61 Å². The topological polar surface area (TPSA) is 38.8 Å². The maximum Gasteiger partial charge on any atom is 0.387 e. The van der Waals surface area contributed by atoms with Crippen molar-refractivity contribution in [1.82, 2.24) is 4.90 Å². The van der Waals surface area contributed by atoms with Gasteiger partial charge in [0.15, 0.2) is 0 Å². The summed E-state index contributed by atoms with van der Waals surface area (Å²) in [6.45, 7) is -2.19. The lowest BCUT2D eigenvalue weighted by atomic mass is 10.2. The number of hydrogen-bond acceptors (Lipinski definition) is 3. The molecule has 26 heavy (non-hydrogen) atoms. The van der Waals surface area contributed by atoms with Crippen molar-refractivity contribution in [1.29, 1.82) is 0 Å². The zero-order valence-corrected chi connectivity index (χ0v) is 14.3. The van der Waals surface area contributed by atoms with Gasteiger partial charge in [0.2, 0.25) is 5.91 Å². The number of rotatable bonds is 9. The fraction of sp³-hybridized carbons (Fsp3) is 0.316. The Kier molecular flexibility index (Phi) is 7.32. The van der Waals surface area contributed by atoms with Gasteiger partial charge in [-0.3, -0.25) is 4.79 Å². The Labute approximate surface area is 150 Å². The molecule has 1 amide bonds. The average molecular weight is 367 g/mol. The molecular formula is C19H20F3NO3. The third-order valence-corrected chi connectivity index (χ3v) is 3.59. The van der Waals surface area contributed by atoms with Gasteiger partial charge >= 0.3 is 6.61 Å². The molecular weight excluding hydrogens is 347 g/mol. The smallest absolute Gasteiger partial charge is 0.387 e. The normalized spacial score (nSPS) is 10.7. The van der Waals surface area contributed by atoms with E-state index >= 15 is 0 Å². The van der Waals surface area contributed by atoms with Gasteiger partial charge in [0.1, 0.15) is 17.3 Å². The molecule has 0 aliphatic carbocycles. The molecule has 4 nitrogen and oxygen atoms in total. The van der Waals surface area contributed by atoms with Gasteiger partial charge in [0.05, 0.1) is 6.61 Å². The molecule has 7 heteroatoms. The first-order valence-corrected chi connectivity index (χ1v) is 8.10. The van der Waals surface area contributed by atoms with Gasteiger partial charge in [0.25, 0.3) is 0 Å². The van der Waals surface area contributed by atoms with Gasteiger partial charge in [-0.1, -0.05) is 18.2 Å². The van der Waals surface area contributed by atoms with Gasteiger partial charge in [-0.2, -0.15) is 8.78 Å². The highest BCUT2D eigenvalue weighted by Gasteiger charge is 2.10. The first kappa shape index (κ1) is 19.6. The van der Waals surface area contributed by atoms with Gasteiger partial charge in [-0.25, -0.2) is 4.39 Å². The van der Waals surface area contributed by atoms with E-state index in [0.29, 0.717) is 31.7 Å². The summed E-state index contributed by atoms with van der Waals surface area (Å²) in [5.74, 6) is 0.0631. The summed E-state index contributed by atoms with van der Waals surface area (Å²) in [4.78, 5) is 13.7. The molecule has 0 heterocycles. The molecule has 0 aromatic heterocycles. The van der Waals surface area contributed by atoms with Crippen LogP contribution in [0.3, 0.4) is 0 Å². The Bertz CT molecular complexity index is 707. The van der Waals surface area contributed by atoms with Crippen LogP contribution in [0.1, 0.15) is 18.4 Å². The van der Waals surface area contributed by atoms with E-state index in [1.165, 1.54) is 24.3 Å². The van der Waals surface area contributed by atoms with E-state index in [-0.39, 0.29) is 17.5 Å². The molecule has 0 aliphatic heterocycles. The number of amides is 1. The Morgan fingerprint density at radius 3 is 2.50 bits per heavy atom. The van der Waals surface area contributed by atoms with Gasteiger partial charge < -0.3 is 14.4 Å². The van der Waals surface area contributed by atoms with E-state index in [4.69, 9.17) is 4.74 Å². The van der Waals surface area contributed by atoms with Crippen molar-refractivity contribution in [2.75, 3.05) is 13.7 Å². The van der Waals surface area contributed by atoms with Gasteiger partial charge in [-0.15, -0.1) is 0 Å². The molecule has 0 bridgehead atoms. The molecule has 140 valence electrons. The highest BCUT2D eigenvalue weighted by Crippen LogP contribution is 2.16. The quantitative estimate of drug-likeness (QED) is 0.622. The van der Waals surface area contributed by atoms with Crippen LogP contribution in [-0.2, 0) is 11.3 Å². The van der Waals surface area contributed by atoms with Crippen molar-refractivity contribution in [3.63, 3.8) is 0 Å². The molecule has 0 aliphatic rings. The Hall–Kier alpha value is -2.70. The minimum Gasteiger partial charge on any atom is -0.493 e. The lowest BCUT2D eigenvalue weighted by Gasteiger charge is -2.17. The number of halogens is 3. The summed E-state index contributed by atoms with van der Waals surface area (Å²) in [5, 5.41) is 0. The lowest BCUT2D eigenvalue weighted by molar-refractivity contribution is -0.130. The number of alkyl halides is 2. The minimum atomic E-state index is -2.86. The predicted octanol–water partition coefficient (Wildman–Crippen LogP) is 4.24. The maximum absolute atomic E-state index is 13.0. The first-order chi connectivity index (χ1) is 12.4. The predicted molar refractivity (Wildman–Crippen MR) is 90.7 cm³/mol. The SMILES string of the molecule is CN(Cc1ccc(OC(F)F)cc1)C(=O)CCCOc1cccc(F)c1. The lowest BCUT2D eigenvalue weighted by Crippen LogP contribution is -2.26. The van der Waals surface area contributed by atoms with Crippen LogP contribution in [0.2, 0.25) is 0 Å². The number of carbonyl (C=O) groups excluding carboxylic acids is 1. The Morgan fingerprint density at radius 2 is 1.85 bits per heavy atom. The molecule has 0 radical (unpaired) electrons. The van der Waals surface area contributed by atoms with E-state index in [0.717, 1.165) is 5.56 Å². The summed E-state index contributed by atoms with van der Waals surface area (Å²) >= 11 is 0. The average Bonchev–Trinajstić information content (AvgIpc) is 2.60. The van der Waals surface area contributed by atoms with Crippen LogP contribution in [0.5, 0.6) is 11.5 Å². The van der Waals surface area contributed by atoms with Crippen molar-refractivity contribution >= 4 is 5.91 Å². The van der Waals surface area contributed by atoms with Crippen molar-refractivity contribution in [3.8, 4) is 11.5 Å². The van der Waals surface area contributed by atoms with Crippen LogP contribution in [0.25, 0.3) is 0 Å². The van der Waals surface area contributed by atoms with Gasteiger partial charge in [0, 0.05) is 26.1 Å². The summed E-state index contributed by atoms with van der Waals surface area (Å²) in [6, 6.07) is 12.0. The summed E-state index contributed by atoms with van der Waals surface area (Å²) in [6.07, 6.45) is 0.791. The Balaban J connectivity index is 1.71. The van der Waals surface area contributed by atoms with Crippen molar-refractivity contribution < 1.29 is 27.4 Å². The highest BCUT2D eigenvalue weighted by atomic mass is 19.3. The standard InChI is InChI=1S/C19H20F3NO3/c1-23(13-14-7-9-16(10-8-14)26-19(21)22)18(24)6-3-11-25-17-5-2-4-15(20)12-17/h2,4-5,7-10,12,19H,3,6,11,13H2,1H3. The molecule has 0 spiro atoms. The van der Waals surface area contributed by atoms with Crippen molar-refractivity contribution in [2.45, 2.75) is 26.0 Å². The first-order valence-electron chi connectivity index (χ1n) is 8.10. The fourth-order valence-corrected chi connectivity index (χ4v) is 2.30. The van der Waals surface area contributed by atoms with Crippen molar-refractivity contribution in [2.24, 2.45) is 0 Å². The maximum atomic E-state index is 13.0. The zero-order chi connectivity index (χ0) is 18.9. The van der Waals surface area contributed by atoms with E-state index in [1.807, 2.05) is 0 Å².